The van der Waals surface area contributed by atoms with Gasteiger partial charge in [0.25, 0.3) is 11.8 Å². The van der Waals surface area contributed by atoms with E-state index in [0.717, 1.165) is 0 Å². The molecule has 8 heteroatoms. The zero-order valence-electron chi connectivity index (χ0n) is 13.8. The van der Waals surface area contributed by atoms with Crippen molar-refractivity contribution < 1.29 is 18.4 Å². The number of carbonyl (C=O) groups excluding carboxylic acids is 2. The van der Waals surface area contributed by atoms with Gasteiger partial charge < -0.3 is 9.73 Å². The summed E-state index contributed by atoms with van der Waals surface area (Å²) in [5, 5.41) is 6.44. The Morgan fingerprint density at radius 2 is 1.93 bits per heavy atom. The lowest BCUT2D eigenvalue weighted by Gasteiger charge is -2.09. The molecule has 0 unspecified atom stereocenters. The fraction of sp³-hybridized carbons (Fsp3) is 0. The Labute approximate surface area is 162 Å². The van der Waals surface area contributed by atoms with Crippen LogP contribution >= 0.6 is 15.9 Å². The fourth-order valence-electron chi connectivity index (χ4n) is 2.22. The van der Waals surface area contributed by atoms with E-state index in [4.69, 9.17) is 4.42 Å². The van der Waals surface area contributed by atoms with Gasteiger partial charge in [-0.05, 0) is 48.0 Å². The molecule has 0 bridgehead atoms. The minimum Gasteiger partial charge on any atom is -0.459 e. The molecule has 3 aromatic rings. The van der Waals surface area contributed by atoms with Gasteiger partial charge in [-0.2, -0.15) is 5.10 Å². The van der Waals surface area contributed by atoms with E-state index in [9.17, 15) is 14.0 Å². The molecule has 1 aromatic heterocycles. The zero-order chi connectivity index (χ0) is 19.2. The highest BCUT2D eigenvalue weighted by atomic mass is 79.9. The van der Waals surface area contributed by atoms with E-state index in [1.54, 1.807) is 30.3 Å². The number of rotatable bonds is 5. The third kappa shape index (κ3) is 4.89. The summed E-state index contributed by atoms with van der Waals surface area (Å²) in [5.74, 6) is -1.31. The predicted octanol–water partition coefficient (Wildman–Crippen LogP) is 4.20. The summed E-state index contributed by atoms with van der Waals surface area (Å²) in [6.45, 7) is 0. The molecule has 0 saturated heterocycles. The molecule has 0 radical (unpaired) electrons. The highest BCUT2D eigenvalue weighted by Gasteiger charge is 2.16. The SMILES string of the molecule is O=C(Nc1ccc(Br)cc1C(=O)N/N=C/c1cccc(F)c1)c1ccco1. The van der Waals surface area contributed by atoms with Gasteiger partial charge >= 0.3 is 0 Å². The molecule has 0 fully saturated rings. The van der Waals surface area contributed by atoms with Gasteiger partial charge in [-0.25, -0.2) is 9.82 Å². The van der Waals surface area contributed by atoms with Crippen molar-refractivity contribution >= 4 is 39.6 Å². The summed E-state index contributed by atoms with van der Waals surface area (Å²) in [5.41, 5.74) is 3.34. The second-order valence-corrected chi connectivity index (χ2v) is 6.29. The predicted molar refractivity (Wildman–Crippen MR) is 102 cm³/mol. The van der Waals surface area contributed by atoms with E-state index in [1.165, 1.54) is 36.7 Å². The van der Waals surface area contributed by atoms with Crippen molar-refractivity contribution in [1.29, 1.82) is 0 Å². The number of nitrogens with one attached hydrogen (secondary N) is 2. The monoisotopic (exact) mass is 429 g/mol. The number of hydrogen-bond acceptors (Lipinski definition) is 4. The standard InChI is InChI=1S/C19H13BrFN3O3/c20-13-6-7-16(23-19(26)17-5-2-8-27-17)15(10-13)18(25)24-22-11-12-3-1-4-14(21)9-12/h1-11H,(H,23,26)(H,24,25)/b22-11+. The van der Waals surface area contributed by atoms with Gasteiger partial charge in [0.2, 0.25) is 0 Å². The molecule has 1 heterocycles. The van der Waals surface area contributed by atoms with Crippen molar-refractivity contribution in [2.45, 2.75) is 0 Å². The van der Waals surface area contributed by atoms with E-state index in [0.29, 0.717) is 10.0 Å². The number of furan rings is 1. The molecule has 0 aliphatic rings. The van der Waals surface area contributed by atoms with Crippen LogP contribution in [0, 0.1) is 5.82 Å². The Hall–Kier alpha value is -3.26. The minimum absolute atomic E-state index is 0.119. The van der Waals surface area contributed by atoms with Gasteiger partial charge in [0.1, 0.15) is 5.82 Å². The number of carbonyl (C=O) groups is 2. The van der Waals surface area contributed by atoms with Crippen LogP contribution in [-0.2, 0) is 0 Å². The fourth-order valence-corrected chi connectivity index (χ4v) is 2.58. The van der Waals surface area contributed by atoms with Crippen molar-refractivity contribution in [3.8, 4) is 0 Å². The van der Waals surface area contributed by atoms with Crippen LogP contribution in [0.15, 0.2) is 74.9 Å². The third-order valence-electron chi connectivity index (χ3n) is 3.45. The lowest BCUT2D eigenvalue weighted by atomic mass is 10.1. The van der Waals surface area contributed by atoms with Gasteiger partial charge in [-0.1, -0.05) is 28.1 Å². The van der Waals surface area contributed by atoms with Crippen molar-refractivity contribution in [2.24, 2.45) is 5.10 Å². The molecule has 6 nitrogen and oxygen atoms in total. The smallest absolute Gasteiger partial charge is 0.291 e. The summed E-state index contributed by atoms with van der Waals surface area (Å²) in [6, 6.07) is 13.7. The molecular weight excluding hydrogens is 417 g/mol. The second kappa shape index (κ2) is 8.41. The average Bonchev–Trinajstić information content (AvgIpc) is 3.18. The number of anilines is 1. The Morgan fingerprint density at radius 1 is 1.07 bits per heavy atom. The second-order valence-electron chi connectivity index (χ2n) is 5.38. The van der Waals surface area contributed by atoms with Gasteiger partial charge in [0.15, 0.2) is 5.76 Å². The van der Waals surface area contributed by atoms with E-state index in [1.807, 2.05) is 0 Å². The first-order valence-corrected chi connectivity index (χ1v) is 8.55. The maximum Gasteiger partial charge on any atom is 0.291 e. The first kappa shape index (κ1) is 18.5. The first-order chi connectivity index (χ1) is 13.0. The molecule has 0 atom stereocenters. The lowest BCUT2D eigenvalue weighted by molar-refractivity contribution is 0.0956. The Bertz CT molecular complexity index is 1000. The quantitative estimate of drug-likeness (QED) is 0.470. The molecule has 2 N–H and O–H groups in total. The van der Waals surface area contributed by atoms with Crippen LogP contribution in [0.3, 0.4) is 0 Å². The molecule has 0 aliphatic carbocycles. The number of benzene rings is 2. The molecule has 0 aliphatic heterocycles. The van der Waals surface area contributed by atoms with Crippen molar-refractivity contribution in [1.82, 2.24) is 5.43 Å². The number of amides is 2. The van der Waals surface area contributed by atoms with Gasteiger partial charge in [-0.3, -0.25) is 9.59 Å². The molecular formula is C19H13BrFN3O3. The molecule has 136 valence electrons. The van der Waals surface area contributed by atoms with Crippen LogP contribution in [0.1, 0.15) is 26.5 Å². The van der Waals surface area contributed by atoms with E-state index in [-0.39, 0.29) is 17.0 Å². The van der Waals surface area contributed by atoms with Crippen LogP contribution in [-0.4, -0.2) is 18.0 Å². The molecule has 0 saturated carbocycles. The van der Waals surface area contributed by atoms with Crippen molar-refractivity contribution in [2.75, 3.05) is 5.32 Å². The Morgan fingerprint density at radius 3 is 2.67 bits per heavy atom. The van der Waals surface area contributed by atoms with Crippen molar-refractivity contribution in [3.63, 3.8) is 0 Å². The van der Waals surface area contributed by atoms with Crippen molar-refractivity contribution in [3.05, 3.63) is 88.0 Å². The lowest BCUT2D eigenvalue weighted by Crippen LogP contribution is -2.21. The van der Waals surface area contributed by atoms with Crippen LogP contribution in [0.4, 0.5) is 10.1 Å². The first-order valence-electron chi connectivity index (χ1n) is 7.76. The summed E-state index contributed by atoms with van der Waals surface area (Å²) < 4.78 is 18.8. The highest BCUT2D eigenvalue weighted by molar-refractivity contribution is 9.10. The maximum atomic E-state index is 13.2. The molecule has 3 rings (SSSR count). The topological polar surface area (TPSA) is 83.7 Å². The molecule has 27 heavy (non-hydrogen) atoms. The normalized spacial score (nSPS) is 10.7. The van der Waals surface area contributed by atoms with Gasteiger partial charge in [0, 0.05) is 4.47 Å². The number of hydrogen-bond donors (Lipinski definition) is 2. The Kier molecular flexibility index (Phi) is 5.77. The van der Waals surface area contributed by atoms with Crippen LogP contribution in [0.2, 0.25) is 0 Å². The highest BCUT2D eigenvalue weighted by Crippen LogP contribution is 2.22. The minimum atomic E-state index is -0.543. The molecule has 2 aromatic carbocycles. The number of halogens is 2. The summed E-state index contributed by atoms with van der Waals surface area (Å²) in [7, 11) is 0. The average molecular weight is 430 g/mol. The largest absolute Gasteiger partial charge is 0.459 e. The number of nitrogens with zero attached hydrogens (tertiary/aromatic N) is 1. The zero-order valence-corrected chi connectivity index (χ0v) is 15.4. The van der Waals surface area contributed by atoms with Crippen LogP contribution in [0.5, 0.6) is 0 Å². The third-order valence-corrected chi connectivity index (χ3v) is 3.94. The number of hydrazone groups is 1. The van der Waals surface area contributed by atoms with Gasteiger partial charge in [0.05, 0.1) is 23.7 Å². The van der Waals surface area contributed by atoms with Gasteiger partial charge in [-0.15, -0.1) is 0 Å². The Balaban J connectivity index is 1.75. The van der Waals surface area contributed by atoms with E-state index in [2.05, 4.69) is 31.8 Å². The van der Waals surface area contributed by atoms with Crippen LogP contribution in [0.25, 0.3) is 0 Å². The maximum absolute atomic E-state index is 13.2. The summed E-state index contributed by atoms with van der Waals surface area (Å²) in [4.78, 5) is 24.6. The molecule has 0 spiro atoms. The summed E-state index contributed by atoms with van der Waals surface area (Å²) in [6.07, 6.45) is 2.70. The van der Waals surface area contributed by atoms with E-state index < -0.39 is 17.6 Å². The van der Waals surface area contributed by atoms with E-state index >= 15 is 0 Å². The summed E-state index contributed by atoms with van der Waals surface area (Å²) >= 11 is 3.29. The molecule has 2 amide bonds. The van der Waals surface area contributed by atoms with Crippen LogP contribution < -0.4 is 10.7 Å².